The predicted molar refractivity (Wildman–Crippen MR) is 102 cm³/mol. The first-order valence-corrected chi connectivity index (χ1v) is 8.98. The Balaban J connectivity index is 1.65. The van der Waals surface area contributed by atoms with E-state index in [9.17, 15) is 13.6 Å². The molecule has 0 atom stereocenters. The Labute approximate surface area is 165 Å². The Morgan fingerprint density at radius 1 is 1.14 bits per heavy atom. The van der Waals surface area contributed by atoms with Gasteiger partial charge in [-0.25, -0.2) is 18.7 Å². The third kappa shape index (κ3) is 3.28. The summed E-state index contributed by atoms with van der Waals surface area (Å²) in [6.45, 7) is 0. The van der Waals surface area contributed by atoms with Gasteiger partial charge in [-0.2, -0.15) is 0 Å². The Morgan fingerprint density at radius 2 is 1.86 bits per heavy atom. The van der Waals surface area contributed by atoms with Crippen LogP contribution in [-0.2, 0) is 5.54 Å². The highest BCUT2D eigenvalue weighted by Gasteiger charge is 2.52. The van der Waals surface area contributed by atoms with E-state index in [-0.39, 0.29) is 24.2 Å². The number of nitrogens with zero attached hydrogens (tertiary/aromatic N) is 5. The van der Waals surface area contributed by atoms with Crippen LogP contribution in [0.2, 0.25) is 0 Å². The van der Waals surface area contributed by atoms with Gasteiger partial charge in [-0.3, -0.25) is 14.8 Å². The van der Waals surface area contributed by atoms with Gasteiger partial charge in [0, 0.05) is 50.2 Å². The Hall–Kier alpha value is -3.49. The summed E-state index contributed by atoms with van der Waals surface area (Å²) in [4.78, 5) is 29.8. The van der Waals surface area contributed by atoms with Gasteiger partial charge < -0.3 is 10.6 Å². The molecule has 3 aromatic heterocycles. The minimum Gasteiger partial charge on any atom is -0.364 e. The lowest BCUT2D eigenvalue weighted by molar-refractivity contribution is 0.0860. The molecular formula is C20H18F2N6O. The van der Waals surface area contributed by atoms with Crippen LogP contribution in [0.4, 0.5) is 14.7 Å². The van der Waals surface area contributed by atoms with Crippen molar-refractivity contribution < 1.29 is 13.6 Å². The van der Waals surface area contributed by atoms with E-state index in [1.54, 1.807) is 36.5 Å². The van der Waals surface area contributed by atoms with Crippen LogP contribution in [0.15, 0.2) is 49.1 Å². The number of primary amides is 1. The fourth-order valence-corrected chi connectivity index (χ4v) is 3.61. The first-order valence-electron chi connectivity index (χ1n) is 8.98. The number of amides is 1. The monoisotopic (exact) mass is 396 g/mol. The Morgan fingerprint density at radius 3 is 2.48 bits per heavy atom. The average Bonchev–Trinajstić information content (AvgIpc) is 2.71. The van der Waals surface area contributed by atoms with Gasteiger partial charge in [-0.05, 0) is 29.8 Å². The fourth-order valence-electron chi connectivity index (χ4n) is 3.61. The fraction of sp³-hybridized carbons (Fsp3) is 0.250. The second kappa shape index (κ2) is 7.16. The van der Waals surface area contributed by atoms with Gasteiger partial charge in [0.25, 0.3) is 5.91 Å². The molecule has 1 fully saturated rings. The van der Waals surface area contributed by atoms with Crippen LogP contribution in [0.5, 0.6) is 0 Å². The number of halogens is 2. The SMILES string of the molecule is CN(c1ncc(-c2ccnc(C(N)=O)c2)cn1)C1(c2ncccc2F)CC(F)C1. The van der Waals surface area contributed by atoms with Gasteiger partial charge in [0.15, 0.2) is 0 Å². The smallest absolute Gasteiger partial charge is 0.267 e. The lowest BCUT2D eigenvalue weighted by Crippen LogP contribution is -2.56. The van der Waals surface area contributed by atoms with Gasteiger partial charge >= 0.3 is 0 Å². The van der Waals surface area contributed by atoms with E-state index in [4.69, 9.17) is 5.73 Å². The average molecular weight is 396 g/mol. The molecule has 7 nitrogen and oxygen atoms in total. The molecule has 1 saturated carbocycles. The zero-order valence-electron chi connectivity index (χ0n) is 15.6. The lowest BCUT2D eigenvalue weighted by Gasteiger charge is -2.49. The zero-order chi connectivity index (χ0) is 20.6. The molecule has 1 amide bonds. The van der Waals surface area contributed by atoms with E-state index in [0.717, 1.165) is 0 Å². The molecule has 0 aliphatic heterocycles. The molecule has 0 spiro atoms. The predicted octanol–water partition coefficient (Wildman–Crippen LogP) is 2.64. The van der Waals surface area contributed by atoms with E-state index in [1.807, 2.05) is 0 Å². The van der Waals surface area contributed by atoms with E-state index < -0.39 is 23.4 Å². The van der Waals surface area contributed by atoms with Crippen molar-refractivity contribution in [1.82, 2.24) is 19.9 Å². The van der Waals surface area contributed by atoms with Gasteiger partial charge in [0.1, 0.15) is 23.4 Å². The number of anilines is 1. The third-order valence-electron chi connectivity index (χ3n) is 5.24. The van der Waals surface area contributed by atoms with E-state index in [2.05, 4.69) is 19.9 Å². The summed E-state index contributed by atoms with van der Waals surface area (Å²) in [5.74, 6) is -0.803. The van der Waals surface area contributed by atoms with Crippen LogP contribution >= 0.6 is 0 Å². The topological polar surface area (TPSA) is 97.9 Å². The molecule has 1 aliphatic carbocycles. The number of carbonyl (C=O) groups is 1. The van der Waals surface area contributed by atoms with Crippen molar-refractivity contribution in [3.63, 3.8) is 0 Å². The maximum absolute atomic E-state index is 14.4. The number of nitrogens with two attached hydrogens (primary N) is 1. The van der Waals surface area contributed by atoms with Crippen LogP contribution in [0, 0.1) is 5.82 Å². The summed E-state index contributed by atoms with van der Waals surface area (Å²) in [6.07, 6.45) is 5.29. The summed E-state index contributed by atoms with van der Waals surface area (Å²) in [5, 5.41) is 0. The number of carbonyl (C=O) groups excluding carboxylic acids is 1. The first kappa shape index (κ1) is 18.9. The van der Waals surface area contributed by atoms with Crippen LogP contribution < -0.4 is 10.6 Å². The van der Waals surface area contributed by atoms with Crippen molar-refractivity contribution in [2.24, 2.45) is 5.73 Å². The third-order valence-corrected chi connectivity index (χ3v) is 5.24. The molecule has 0 radical (unpaired) electrons. The standard InChI is InChI=1S/C20H18F2N6O/c1-28(20(8-14(21)9-20)17-15(22)3-2-5-25-17)19-26-10-13(11-27-19)12-4-6-24-16(7-12)18(23)29/h2-7,10-11,14H,8-9H2,1H3,(H2,23,29). The van der Waals surface area contributed by atoms with Gasteiger partial charge in [-0.15, -0.1) is 0 Å². The molecule has 1 aliphatic rings. The molecular weight excluding hydrogens is 378 g/mol. The summed E-state index contributed by atoms with van der Waals surface area (Å²) in [6, 6.07) is 6.07. The number of pyridine rings is 2. The number of hydrogen-bond acceptors (Lipinski definition) is 6. The highest BCUT2D eigenvalue weighted by molar-refractivity contribution is 5.92. The second-order valence-corrected chi connectivity index (χ2v) is 7.00. The second-order valence-electron chi connectivity index (χ2n) is 7.00. The molecule has 0 bridgehead atoms. The van der Waals surface area contributed by atoms with Gasteiger partial charge in [-0.1, -0.05) is 0 Å². The summed E-state index contributed by atoms with van der Waals surface area (Å²) in [5.41, 5.74) is 5.98. The number of alkyl halides is 1. The normalized spacial score (nSPS) is 20.7. The molecule has 9 heteroatoms. The molecule has 0 aromatic carbocycles. The minimum atomic E-state index is -1.04. The van der Waals surface area contributed by atoms with Crippen LogP contribution in [-0.4, -0.2) is 39.1 Å². The lowest BCUT2D eigenvalue weighted by atomic mass is 9.71. The first-order chi connectivity index (χ1) is 13.9. The molecule has 0 saturated heterocycles. The van der Waals surface area contributed by atoms with Gasteiger partial charge in [0.05, 0.1) is 5.54 Å². The summed E-state index contributed by atoms with van der Waals surface area (Å²) < 4.78 is 28.2. The summed E-state index contributed by atoms with van der Waals surface area (Å²) in [7, 11) is 1.70. The highest BCUT2D eigenvalue weighted by Crippen LogP contribution is 2.48. The minimum absolute atomic E-state index is 0.106. The van der Waals surface area contributed by atoms with Crippen molar-refractivity contribution in [3.05, 3.63) is 66.3 Å². The van der Waals surface area contributed by atoms with E-state index >= 15 is 0 Å². The molecule has 4 rings (SSSR count). The molecule has 148 valence electrons. The maximum atomic E-state index is 14.4. The molecule has 2 N–H and O–H groups in total. The van der Waals surface area contributed by atoms with Gasteiger partial charge in [0.2, 0.25) is 5.95 Å². The zero-order valence-corrected chi connectivity index (χ0v) is 15.6. The quantitative estimate of drug-likeness (QED) is 0.712. The Bertz CT molecular complexity index is 1050. The molecule has 0 unspecified atom stereocenters. The van der Waals surface area contributed by atoms with Crippen molar-refractivity contribution in [2.45, 2.75) is 24.6 Å². The highest BCUT2D eigenvalue weighted by atomic mass is 19.1. The van der Waals surface area contributed by atoms with E-state index in [0.29, 0.717) is 17.1 Å². The van der Waals surface area contributed by atoms with Crippen molar-refractivity contribution >= 4 is 11.9 Å². The van der Waals surface area contributed by atoms with Crippen molar-refractivity contribution in [3.8, 4) is 11.1 Å². The number of hydrogen-bond donors (Lipinski definition) is 1. The molecule has 3 heterocycles. The van der Waals surface area contributed by atoms with Crippen molar-refractivity contribution in [2.75, 3.05) is 11.9 Å². The van der Waals surface area contributed by atoms with Crippen LogP contribution in [0.25, 0.3) is 11.1 Å². The maximum Gasteiger partial charge on any atom is 0.267 e. The number of rotatable bonds is 5. The van der Waals surface area contributed by atoms with Crippen LogP contribution in [0.1, 0.15) is 29.0 Å². The largest absolute Gasteiger partial charge is 0.364 e. The van der Waals surface area contributed by atoms with E-state index in [1.165, 1.54) is 24.5 Å². The molecule has 29 heavy (non-hydrogen) atoms. The summed E-state index contributed by atoms with van der Waals surface area (Å²) >= 11 is 0. The Kier molecular flexibility index (Phi) is 4.65. The van der Waals surface area contributed by atoms with Crippen molar-refractivity contribution in [1.29, 1.82) is 0 Å². The number of aromatic nitrogens is 4. The van der Waals surface area contributed by atoms with Crippen LogP contribution in [0.3, 0.4) is 0 Å². The molecule has 3 aromatic rings.